The molecule has 2 aliphatic heterocycles. The predicted octanol–water partition coefficient (Wildman–Crippen LogP) is 1.41. The summed E-state index contributed by atoms with van der Waals surface area (Å²) >= 11 is 1.49. The first-order valence-corrected chi connectivity index (χ1v) is 11.7. The van der Waals surface area contributed by atoms with Crippen molar-refractivity contribution < 1.29 is 14.4 Å². The van der Waals surface area contributed by atoms with Crippen LogP contribution in [0.15, 0.2) is 6.33 Å². The van der Waals surface area contributed by atoms with Crippen molar-refractivity contribution >= 4 is 33.3 Å². The summed E-state index contributed by atoms with van der Waals surface area (Å²) in [4.78, 5) is 27.6. The van der Waals surface area contributed by atoms with Gasteiger partial charge in [0, 0.05) is 25.6 Å². The van der Waals surface area contributed by atoms with E-state index in [4.69, 9.17) is 4.74 Å². The van der Waals surface area contributed by atoms with Crippen LogP contribution in [-0.4, -0.2) is 67.9 Å². The van der Waals surface area contributed by atoms with E-state index in [2.05, 4.69) is 27.1 Å². The number of nitrogens with zero attached hydrogens (tertiary/aromatic N) is 3. The summed E-state index contributed by atoms with van der Waals surface area (Å²) in [5.41, 5.74) is 1.01. The smallest absolute Gasteiger partial charge is 0.261 e. The molecule has 29 heavy (non-hydrogen) atoms. The maximum atomic E-state index is 12.8. The molecule has 0 aromatic carbocycles. The first-order valence-electron chi connectivity index (χ1n) is 10.9. The third-order valence-electron chi connectivity index (χ3n) is 6.18. The molecule has 0 spiro atoms. The molecule has 8 heteroatoms. The van der Waals surface area contributed by atoms with E-state index >= 15 is 0 Å². The van der Waals surface area contributed by atoms with Crippen LogP contribution < -0.4 is 15.1 Å². The van der Waals surface area contributed by atoms with Crippen molar-refractivity contribution in [1.29, 1.82) is 0 Å². The molecular weight excluding hydrogens is 386 g/mol. The number of aryl methyl sites for hydroxylation is 1. The molecule has 2 aromatic heterocycles. The van der Waals surface area contributed by atoms with Gasteiger partial charge >= 0.3 is 0 Å². The van der Waals surface area contributed by atoms with Crippen LogP contribution in [0.1, 0.15) is 47.8 Å². The summed E-state index contributed by atoms with van der Waals surface area (Å²) in [6.07, 6.45) is 6.28. The second-order valence-corrected chi connectivity index (χ2v) is 9.19. The molecule has 0 aliphatic carbocycles. The van der Waals surface area contributed by atoms with E-state index in [0.717, 1.165) is 72.3 Å². The number of aromatic nitrogens is 2. The number of carbonyl (C=O) groups is 1. The number of piperidine rings is 1. The van der Waals surface area contributed by atoms with E-state index in [9.17, 15) is 4.79 Å². The van der Waals surface area contributed by atoms with Gasteiger partial charge in [0.05, 0.1) is 30.0 Å². The Morgan fingerprint density at radius 1 is 1.34 bits per heavy atom. The molecule has 0 bridgehead atoms. The van der Waals surface area contributed by atoms with Crippen LogP contribution in [0.5, 0.6) is 0 Å². The van der Waals surface area contributed by atoms with Crippen molar-refractivity contribution in [3.8, 4) is 0 Å². The van der Waals surface area contributed by atoms with E-state index in [0.29, 0.717) is 12.6 Å². The summed E-state index contributed by atoms with van der Waals surface area (Å²) in [6.45, 7) is 10.9. The van der Waals surface area contributed by atoms with Gasteiger partial charge in [0.15, 0.2) is 0 Å². The van der Waals surface area contributed by atoms with Crippen molar-refractivity contribution in [3.05, 3.63) is 16.8 Å². The number of amides is 1. The zero-order chi connectivity index (χ0) is 20.2. The number of morpholine rings is 1. The number of carbonyl (C=O) groups excluding carboxylic acids is 1. The first kappa shape index (κ1) is 20.5. The Morgan fingerprint density at radius 2 is 2.17 bits per heavy atom. The van der Waals surface area contributed by atoms with Crippen LogP contribution in [0.4, 0.5) is 5.82 Å². The molecule has 4 rings (SSSR count). The molecule has 1 amide bonds. The van der Waals surface area contributed by atoms with Gasteiger partial charge in [-0.2, -0.15) is 0 Å². The number of quaternary nitrogens is 1. The summed E-state index contributed by atoms with van der Waals surface area (Å²) in [5.74, 6) is 1.01. The lowest BCUT2D eigenvalue weighted by atomic mass is 10.0. The monoisotopic (exact) mass is 418 g/mol. The Morgan fingerprint density at radius 3 is 2.97 bits per heavy atom. The minimum absolute atomic E-state index is 0.0140. The van der Waals surface area contributed by atoms with E-state index in [1.165, 1.54) is 30.6 Å². The molecule has 2 saturated heterocycles. The van der Waals surface area contributed by atoms with Gasteiger partial charge in [-0.1, -0.05) is 0 Å². The molecule has 1 atom stereocenters. The van der Waals surface area contributed by atoms with Gasteiger partial charge in [0.2, 0.25) is 0 Å². The standard InChI is InChI=1S/C21H31N5O2S/c1-15-6-3-4-9-26(15)19-17-16(2)18(29-21(17)24-14-23-19)20(27)22-7-5-8-25-10-12-28-13-11-25/h14-15H,3-13H2,1-2H3,(H,22,27)/p+1. The zero-order valence-corrected chi connectivity index (χ0v) is 18.3. The largest absolute Gasteiger partial charge is 0.370 e. The molecule has 4 heterocycles. The number of fused-ring (bicyclic) bond motifs is 1. The van der Waals surface area contributed by atoms with E-state index in [-0.39, 0.29) is 5.91 Å². The molecule has 0 radical (unpaired) electrons. The molecule has 2 N–H and O–H groups in total. The van der Waals surface area contributed by atoms with Gasteiger partial charge in [-0.25, -0.2) is 9.97 Å². The van der Waals surface area contributed by atoms with Gasteiger partial charge < -0.3 is 19.9 Å². The van der Waals surface area contributed by atoms with Crippen LogP contribution in [-0.2, 0) is 4.74 Å². The fourth-order valence-electron chi connectivity index (χ4n) is 4.43. The topological polar surface area (TPSA) is 71.8 Å². The van der Waals surface area contributed by atoms with Crippen molar-refractivity contribution in [3.63, 3.8) is 0 Å². The highest BCUT2D eigenvalue weighted by Gasteiger charge is 2.25. The van der Waals surface area contributed by atoms with Crippen molar-refractivity contribution in [2.75, 3.05) is 50.8 Å². The van der Waals surface area contributed by atoms with Crippen LogP contribution in [0.25, 0.3) is 10.2 Å². The van der Waals surface area contributed by atoms with Crippen LogP contribution in [0, 0.1) is 6.92 Å². The zero-order valence-electron chi connectivity index (χ0n) is 17.5. The molecule has 2 aliphatic rings. The van der Waals surface area contributed by atoms with Crippen molar-refractivity contribution in [2.45, 2.75) is 45.6 Å². The molecule has 2 aromatic rings. The highest BCUT2D eigenvalue weighted by molar-refractivity contribution is 7.20. The fourth-order valence-corrected chi connectivity index (χ4v) is 5.49. The Kier molecular flexibility index (Phi) is 6.62. The van der Waals surface area contributed by atoms with E-state index < -0.39 is 0 Å². The Labute approximate surface area is 176 Å². The van der Waals surface area contributed by atoms with Crippen LogP contribution >= 0.6 is 11.3 Å². The number of thiophene rings is 1. The molecular formula is C21H32N5O2S+. The number of hydrogen-bond donors (Lipinski definition) is 2. The third-order valence-corrected chi connectivity index (χ3v) is 7.38. The summed E-state index contributed by atoms with van der Waals surface area (Å²) in [5, 5.41) is 4.16. The average Bonchev–Trinajstić information content (AvgIpc) is 3.09. The Balaban J connectivity index is 1.44. The van der Waals surface area contributed by atoms with Crippen LogP contribution in [0.3, 0.4) is 0 Å². The first-order chi connectivity index (χ1) is 14.1. The van der Waals surface area contributed by atoms with E-state index in [1.54, 1.807) is 11.2 Å². The van der Waals surface area contributed by atoms with Gasteiger partial charge in [0.1, 0.15) is 30.1 Å². The highest BCUT2D eigenvalue weighted by atomic mass is 32.1. The highest BCUT2D eigenvalue weighted by Crippen LogP contribution is 2.36. The SMILES string of the molecule is Cc1c(C(=O)NCCC[NH+]2CCOCC2)sc2ncnc(N3CCCCC3C)c12. The second-order valence-electron chi connectivity index (χ2n) is 8.19. The van der Waals surface area contributed by atoms with Gasteiger partial charge in [0.25, 0.3) is 5.91 Å². The van der Waals surface area contributed by atoms with Crippen molar-refractivity contribution in [2.24, 2.45) is 0 Å². The molecule has 0 saturated carbocycles. The molecule has 158 valence electrons. The second kappa shape index (κ2) is 9.36. The normalized spacial score (nSPS) is 20.9. The van der Waals surface area contributed by atoms with Crippen molar-refractivity contribution in [1.82, 2.24) is 15.3 Å². The Hall–Kier alpha value is -1.77. The average molecular weight is 419 g/mol. The Bertz CT molecular complexity index is 849. The lowest BCUT2D eigenvalue weighted by molar-refractivity contribution is -0.908. The maximum absolute atomic E-state index is 12.8. The minimum atomic E-state index is 0.0140. The summed E-state index contributed by atoms with van der Waals surface area (Å²) in [6, 6.07) is 0.473. The molecule has 2 fully saturated rings. The number of nitrogens with one attached hydrogen (secondary N) is 2. The number of rotatable bonds is 6. The van der Waals surface area contributed by atoms with Gasteiger partial charge in [-0.3, -0.25) is 4.79 Å². The number of ether oxygens (including phenoxy) is 1. The van der Waals surface area contributed by atoms with E-state index in [1.807, 2.05) is 6.92 Å². The predicted molar refractivity (Wildman–Crippen MR) is 116 cm³/mol. The van der Waals surface area contributed by atoms with Gasteiger partial charge in [-0.15, -0.1) is 11.3 Å². The van der Waals surface area contributed by atoms with Gasteiger partial charge in [-0.05, 0) is 38.7 Å². The lowest BCUT2D eigenvalue weighted by Crippen LogP contribution is -3.14. The number of anilines is 1. The number of hydrogen-bond acceptors (Lipinski definition) is 6. The molecule has 7 nitrogen and oxygen atoms in total. The molecule has 1 unspecified atom stereocenters. The minimum Gasteiger partial charge on any atom is -0.370 e. The van der Waals surface area contributed by atoms with Crippen LogP contribution in [0.2, 0.25) is 0 Å². The third kappa shape index (κ3) is 4.54. The quantitative estimate of drug-likeness (QED) is 0.694. The lowest BCUT2D eigenvalue weighted by Gasteiger charge is -2.34. The maximum Gasteiger partial charge on any atom is 0.261 e. The fraction of sp³-hybridized carbons (Fsp3) is 0.667. The summed E-state index contributed by atoms with van der Waals surface area (Å²) < 4.78 is 5.40. The summed E-state index contributed by atoms with van der Waals surface area (Å²) in [7, 11) is 0.